The minimum atomic E-state index is -0.454. The number of esters is 1. The highest BCUT2D eigenvalue weighted by Crippen LogP contribution is 2.41. The number of aromatic nitrogens is 2. The average Bonchev–Trinajstić information content (AvgIpc) is 3.15. The number of amides is 1. The Morgan fingerprint density at radius 2 is 2.06 bits per heavy atom. The zero-order chi connectivity index (χ0) is 22.8. The summed E-state index contributed by atoms with van der Waals surface area (Å²) in [5.41, 5.74) is 1.46. The van der Waals surface area contributed by atoms with Crippen molar-refractivity contribution >= 4 is 33.4 Å². The zero-order valence-corrected chi connectivity index (χ0v) is 19.3. The highest BCUT2D eigenvalue weighted by molar-refractivity contribution is 7.18. The Labute approximate surface area is 190 Å². The van der Waals surface area contributed by atoms with Gasteiger partial charge in [0.25, 0.3) is 5.56 Å². The second-order valence-corrected chi connectivity index (χ2v) is 9.15. The number of ether oxygens (including phenoxy) is 1. The van der Waals surface area contributed by atoms with Gasteiger partial charge in [-0.05, 0) is 51.2 Å². The van der Waals surface area contributed by atoms with Crippen LogP contribution in [-0.4, -0.2) is 28.0 Å². The first kappa shape index (κ1) is 22.2. The number of nitrogens with one attached hydrogen (secondary N) is 1. The molecule has 0 saturated heterocycles. The fourth-order valence-electron chi connectivity index (χ4n) is 4.34. The first-order valence-electron chi connectivity index (χ1n) is 10.9. The summed E-state index contributed by atoms with van der Waals surface area (Å²) >= 11 is 1.47. The highest BCUT2D eigenvalue weighted by Gasteiger charge is 2.33. The standard InChI is InChI=1S/C24H27N3O4S/c1-4-31-24(30)17-11-8-12-18-20(17)21-22(32-18)26-15(3)27(23(21)29)13-19(28)25-14(2)16-9-6-5-7-10-16/h5-7,9-10,14,17H,4,8,11-13H2,1-3H3,(H,25,28). The van der Waals surface area contributed by atoms with Crippen LogP contribution in [0, 0.1) is 6.92 Å². The van der Waals surface area contributed by atoms with Crippen molar-refractivity contribution in [2.75, 3.05) is 6.61 Å². The van der Waals surface area contributed by atoms with Gasteiger partial charge in [-0.3, -0.25) is 19.0 Å². The van der Waals surface area contributed by atoms with Crippen LogP contribution in [0.15, 0.2) is 35.1 Å². The van der Waals surface area contributed by atoms with Gasteiger partial charge in [0.1, 0.15) is 17.2 Å². The number of rotatable bonds is 6. The smallest absolute Gasteiger partial charge is 0.313 e. The van der Waals surface area contributed by atoms with Crippen molar-refractivity contribution in [2.24, 2.45) is 0 Å². The Hall–Kier alpha value is -3.00. The lowest BCUT2D eigenvalue weighted by Crippen LogP contribution is -2.35. The van der Waals surface area contributed by atoms with E-state index in [4.69, 9.17) is 4.74 Å². The predicted molar refractivity (Wildman–Crippen MR) is 124 cm³/mol. The topological polar surface area (TPSA) is 90.3 Å². The molecule has 2 aromatic heterocycles. The molecular weight excluding hydrogens is 426 g/mol. The van der Waals surface area contributed by atoms with Crippen LogP contribution < -0.4 is 10.9 Å². The molecular formula is C24H27N3O4S. The summed E-state index contributed by atoms with van der Waals surface area (Å²) in [6, 6.07) is 9.48. The van der Waals surface area contributed by atoms with Crippen molar-refractivity contribution in [2.45, 2.75) is 58.5 Å². The number of carbonyl (C=O) groups excluding carboxylic acids is 2. The number of thiophene rings is 1. The molecule has 1 aliphatic carbocycles. The minimum absolute atomic E-state index is 0.126. The van der Waals surface area contributed by atoms with E-state index in [-0.39, 0.29) is 30.0 Å². The lowest BCUT2D eigenvalue weighted by Gasteiger charge is -2.21. The van der Waals surface area contributed by atoms with Crippen LogP contribution in [0.5, 0.6) is 0 Å². The molecule has 2 unspecified atom stereocenters. The SMILES string of the molecule is CCOC(=O)C1CCCc2sc3nc(C)n(CC(=O)NC(C)c4ccccc4)c(=O)c3c21. The van der Waals surface area contributed by atoms with Crippen molar-refractivity contribution in [1.29, 1.82) is 0 Å². The van der Waals surface area contributed by atoms with E-state index in [1.807, 2.05) is 37.3 Å². The lowest BCUT2D eigenvalue weighted by molar-refractivity contribution is -0.145. The molecule has 168 valence electrons. The van der Waals surface area contributed by atoms with E-state index in [9.17, 15) is 14.4 Å². The van der Waals surface area contributed by atoms with Crippen LogP contribution in [0.3, 0.4) is 0 Å². The van der Waals surface area contributed by atoms with E-state index in [1.54, 1.807) is 13.8 Å². The number of aryl methyl sites for hydroxylation is 2. The quantitative estimate of drug-likeness (QED) is 0.576. The maximum Gasteiger partial charge on any atom is 0.313 e. The molecule has 1 aliphatic rings. The first-order chi connectivity index (χ1) is 15.4. The summed E-state index contributed by atoms with van der Waals surface area (Å²) in [5.74, 6) is -0.533. The maximum atomic E-state index is 13.5. The summed E-state index contributed by atoms with van der Waals surface area (Å²) in [7, 11) is 0. The average molecular weight is 454 g/mol. The fraction of sp³-hybridized carbons (Fsp3) is 0.417. The third-order valence-electron chi connectivity index (χ3n) is 5.91. The van der Waals surface area contributed by atoms with Crippen molar-refractivity contribution in [3.8, 4) is 0 Å². The largest absolute Gasteiger partial charge is 0.466 e. The van der Waals surface area contributed by atoms with E-state index in [0.29, 0.717) is 29.1 Å². The maximum absolute atomic E-state index is 13.5. The molecule has 4 rings (SSSR count). The van der Waals surface area contributed by atoms with Crippen LogP contribution in [0.2, 0.25) is 0 Å². The third kappa shape index (κ3) is 4.19. The number of hydrogen-bond acceptors (Lipinski definition) is 6. The van der Waals surface area contributed by atoms with Crippen LogP contribution in [0.25, 0.3) is 10.2 Å². The number of fused-ring (bicyclic) bond motifs is 3. The molecule has 0 spiro atoms. The normalized spacial score (nSPS) is 16.4. The summed E-state index contributed by atoms with van der Waals surface area (Å²) in [5, 5.41) is 3.40. The summed E-state index contributed by atoms with van der Waals surface area (Å²) in [6.07, 6.45) is 2.34. The predicted octanol–water partition coefficient (Wildman–Crippen LogP) is 3.63. The lowest BCUT2D eigenvalue weighted by atomic mass is 9.86. The van der Waals surface area contributed by atoms with Crippen LogP contribution in [0.1, 0.15) is 60.5 Å². The van der Waals surface area contributed by atoms with Gasteiger partial charge in [0.2, 0.25) is 5.91 Å². The number of carbonyl (C=O) groups is 2. The van der Waals surface area contributed by atoms with Gasteiger partial charge in [-0.2, -0.15) is 0 Å². The van der Waals surface area contributed by atoms with E-state index in [2.05, 4.69) is 10.3 Å². The number of benzene rings is 1. The Balaban J connectivity index is 1.67. The van der Waals surface area contributed by atoms with Gasteiger partial charge >= 0.3 is 5.97 Å². The zero-order valence-electron chi connectivity index (χ0n) is 18.5. The van der Waals surface area contributed by atoms with E-state index < -0.39 is 5.92 Å². The van der Waals surface area contributed by atoms with Crippen molar-refractivity contribution < 1.29 is 14.3 Å². The number of nitrogens with zero attached hydrogens (tertiary/aromatic N) is 2. The summed E-state index contributed by atoms with van der Waals surface area (Å²) < 4.78 is 6.68. The van der Waals surface area contributed by atoms with Crippen molar-refractivity contribution in [3.63, 3.8) is 0 Å². The summed E-state index contributed by atoms with van der Waals surface area (Å²) in [4.78, 5) is 45.1. The molecule has 2 atom stereocenters. The Bertz CT molecular complexity index is 1220. The van der Waals surface area contributed by atoms with Gasteiger partial charge in [-0.25, -0.2) is 4.98 Å². The molecule has 0 fully saturated rings. The molecule has 0 saturated carbocycles. The van der Waals surface area contributed by atoms with Crippen molar-refractivity contribution in [1.82, 2.24) is 14.9 Å². The molecule has 1 amide bonds. The Kier molecular flexibility index (Phi) is 6.41. The third-order valence-corrected chi connectivity index (χ3v) is 7.07. The van der Waals surface area contributed by atoms with Gasteiger partial charge < -0.3 is 10.1 Å². The number of hydrogen-bond donors (Lipinski definition) is 1. The van der Waals surface area contributed by atoms with E-state index >= 15 is 0 Å². The van der Waals surface area contributed by atoms with Crippen LogP contribution in [-0.2, 0) is 27.3 Å². The van der Waals surface area contributed by atoms with Crippen LogP contribution in [0.4, 0.5) is 0 Å². The van der Waals surface area contributed by atoms with Gasteiger partial charge in [0.15, 0.2) is 0 Å². The van der Waals surface area contributed by atoms with E-state index in [0.717, 1.165) is 28.8 Å². The monoisotopic (exact) mass is 453 g/mol. The molecule has 1 aromatic carbocycles. The Morgan fingerprint density at radius 3 is 2.78 bits per heavy atom. The minimum Gasteiger partial charge on any atom is -0.466 e. The fourth-order valence-corrected chi connectivity index (χ4v) is 5.65. The van der Waals surface area contributed by atoms with Gasteiger partial charge in [0, 0.05) is 4.88 Å². The summed E-state index contributed by atoms with van der Waals surface area (Å²) in [6.45, 7) is 5.59. The van der Waals surface area contributed by atoms with Gasteiger partial charge in [-0.15, -0.1) is 11.3 Å². The first-order valence-corrected chi connectivity index (χ1v) is 11.8. The molecule has 7 nitrogen and oxygen atoms in total. The van der Waals surface area contributed by atoms with Gasteiger partial charge in [-0.1, -0.05) is 30.3 Å². The molecule has 0 radical (unpaired) electrons. The van der Waals surface area contributed by atoms with Gasteiger partial charge in [0.05, 0.1) is 24.0 Å². The Morgan fingerprint density at radius 1 is 1.31 bits per heavy atom. The second kappa shape index (κ2) is 9.24. The van der Waals surface area contributed by atoms with Crippen LogP contribution >= 0.6 is 11.3 Å². The second-order valence-electron chi connectivity index (χ2n) is 8.07. The molecule has 2 heterocycles. The molecule has 3 aromatic rings. The van der Waals surface area contributed by atoms with Crippen molar-refractivity contribution in [3.05, 3.63) is 62.5 Å². The molecule has 0 bridgehead atoms. The molecule has 1 N–H and O–H groups in total. The molecule has 32 heavy (non-hydrogen) atoms. The molecule has 8 heteroatoms. The highest BCUT2D eigenvalue weighted by atomic mass is 32.1. The molecule has 0 aliphatic heterocycles. The van der Waals surface area contributed by atoms with E-state index in [1.165, 1.54) is 15.9 Å².